The largest absolute Gasteiger partial charge is 0.508 e. The zero-order chi connectivity index (χ0) is 37.2. The van der Waals surface area contributed by atoms with Crippen LogP contribution in [0.1, 0.15) is 126 Å². The van der Waals surface area contributed by atoms with Crippen molar-refractivity contribution >= 4 is 5.97 Å². The summed E-state index contributed by atoms with van der Waals surface area (Å²) in [5.41, 5.74) is 4.16. The van der Waals surface area contributed by atoms with Crippen LogP contribution >= 0.6 is 0 Å². The van der Waals surface area contributed by atoms with Gasteiger partial charge >= 0.3 is 5.97 Å². The molecule has 0 amide bonds. The van der Waals surface area contributed by atoms with Gasteiger partial charge in [0.1, 0.15) is 11.4 Å². The second-order valence-electron chi connectivity index (χ2n) is 14.1. The summed E-state index contributed by atoms with van der Waals surface area (Å²) in [4.78, 5) is 11.1. The van der Waals surface area contributed by atoms with Gasteiger partial charge in [-0.15, -0.1) is 0 Å². The first-order valence-electron chi connectivity index (χ1n) is 19.0. The van der Waals surface area contributed by atoms with E-state index in [1.807, 2.05) is 12.2 Å². The minimum Gasteiger partial charge on any atom is -0.508 e. The molecule has 1 aliphatic rings. The molecule has 51 heavy (non-hydrogen) atoms. The number of allylic oxidation sites excluding steroid dienone is 2. The Balaban J connectivity index is 2.21. The van der Waals surface area contributed by atoms with Crippen molar-refractivity contribution < 1.29 is 35.4 Å². The summed E-state index contributed by atoms with van der Waals surface area (Å²) in [6.45, 7) is 5.55. The standard InChI is InChI=1S/C43H61NO7/c1-4-6-9-18-35(46)27-26-33-25-24-32-16-12-15-31(5-2)38(32)20-14-22-41(43(3,51)34-17-13-19-36(47)28-34)44-40(39(33)29-37(48)30-45)21-10-7-8-11-23-42(49)50/h12-13,15-17,19,26-28,35,37,40-41,44-48,51H,4-11,18,21-25,29-30H2,1-3H3,(H,49,50). The maximum absolute atomic E-state index is 12.3. The van der Waals surface area contributed by atoms with E-state index in [0.29, 0.717) is 37.7 Å². The lowest BCUT2D eigenvalue weighted by molar-refractivity contribution is -0.137. The highest BCUT2D eigenvalue weighted by Crippen LogP contribution is 2.33. The number of phenols is 1. The number of unbranched alkanes of at least 4 members (excludes halogenated alkanes) is 5. The van der Waals surface area contributed by atoms with Gasteiger partial charge in [0.05, 0.1) is 24.9 Å². The van der Waals surface area contributed by atoms with E-state index in [4.69, 9.17) is 5.11 Å². The maximum Gasteiger partial charge on any atom is 0.303 e. The number of aromatic hydroxyl groups is 1. The highest BCUT2D eigenvalue weighted by Gasteiger charge is 2.36. The van der Waals surface area contributed by atoms with Gasteiger partial charge in [0.25, 0.3) is 0 Å². The summed E-state index contributed by atoms with van der Waals surface area (Å²) >= 11 is 0. The summed E-state index contributed by atoms with van der Waals surface area (Å²) < 4.78 is 0. The molecule has 5 unspecified atom stereocenters. The smallest absolute Gasteiger partial charge is 0.303 e. The van der Waals surface area contributed by atoms with Crippen LogP contribution in [0, 0.1) is 11.8 Å². The number of nitrogens with one attached hydrogen (secondary N) is 1. The van der Waals surface area contributed by atoms with Crippen LogP contribution in [0.25, 0.3) is 0 Å². The predicted octanol–water partition coefficient (Wildman–Crippen LogP) is 6.84. The average molecular weight is 704 g/mol. The molecule has 0 fully saturated rings. The van der Waals surface area contributed by atoms with Gasteiger partial charge in [0, 0.05) is 24.4 Å². The SMILES string of the molecule is CCCCCC(O)C=CC1=C(CC(O)CO)C(CCCCCCC(=O)O)NC(C(C)(O)c2cccc(O)c2)CC#Cc2c(CC)cccc2CC1. The highest BCUT2D eigenvalue weighted by atomic mass is 16.4. The Morgan fingerprint density at radius 1 is 1.04 bits per heavy atom. The molecular weight excluding hydrogens is 642 g/mol. The van der Waals surface area contributed by atoms with Crippen molar-refractivity contribution in [2.75, 3.05) is 6.61 Å². The Hall–Kier alpha value is -3.45. The zero-order valence-corrected chi connectivity index (χ0v) is 30.9. The molecule has 0 aromatic heterocycles. The molecule has 1 heterocycles. The van der Waals surface area contributed by atoms with Crippen LogP contribution in [0.5, 0.6) is 5.75 Å². The molecule has 2 aromatic rings. The molecule has 1 aliphatic heterocycles. The normalized spacial score (nSPS) is 19.3. The van der Waals surface area contributed by atoms with Crippen molar-refractivity contribution in [3.63, 3.8) is 0 Å². The van der Waals surface area contributed by atoms with Crippen LogP contribution < -0.4 is 5.32 Å². The van der Waals surface area contributed by atoms with Crippen molar-refractivity contribution in [2.45, 2.75) is 147 Å². The van der Waals surface area contributed by atoms with Crippen molar-refractivity contribution in [3.8, 4) is 17.6 Å². The number of fused-ring (bicyclic) bond motifs is 1. The monoisotopic (exact) mass is 703 g/mol. The van der Waals surface area contributed by atoms with Gasteiger partial charge in [-0.25, -0.2) is 0 Å². The average Bonchev–Trinajstić information content (AvgIpc) is 3.10. The Morgan fingerprint density at radius 3 is 2.51 bits per heavy atom. The lowest BCUT2D eigenvalue weighted by Gasteiger charge is -2.38. The van der Waals surface area contributed by atoms with E-state index < -0.39 is 36.4 Å². The second-order valence-corrected chi connectivity index (χ2v) is 14.1. The van der Waals surface area contributed by atoms with Crippen LogP contribution in [0.4, 0.5) is 0 Å². The maximum atomic E-state index is 12.3. The third kappa shape index (κ3) is 13.6. The predicted molar refractivity (Wildman–Crippen MR) is 203 cm³/mol. The van der Waals surface area contributed by atoms with Gasteiger partial charge in [0.15, 0.2) is 0 Å². The Morgan fingerprint density at radius 2 is 1.80 bits per heavy atom. The second kappa shape index (κ2) is 21.8. The first-order chi connectivity index (χ1) is 24.5. The molecule has 0 aliphatic carbocycles. The summed E-state index contributed by atoms with van der Waals surface area (Å²) in [6.07, 6.45) is 12.1. The number of benzene rings is 2. The van der Waals surface area contributed by atoms with Gasteiger partial charge < -0.3 is 36.0 Å². The van der Waals surface area contributed by atoms with Crippen molar-refractivity contribution in [1.82, 2.24) is 5.32 Å². The van der Waals surface area contributed by atoms with Crippen molar-refractivity contribution in [2.24, 2.45) is 0 Å². The number of hydrogen-bond donors (Lipinski definition) is 7. The molecule has 0 bridgehead atoms. The number of phenolic OH excluding ortho intramolecular Hbond substituents is 1. The van der Waals surface area contributed by atoms with Crippen LogP contribution in [-0.4, -0.2) is 67.5 Å². The van der Waals surface area contributed by atoms with E-state index in [9.17, 15) is 30.3 Å². The fraction of sp³-hybridized carbons (Fsp3) is 0.558. The van der Waals surface area contributed by atoms with E-state index in [-0.39, 0.29) is 31.1 Å². The number of hydrogen-bond acceptors (Lipinski definition) is 7. The zero-order valence-electron chi connectivity index (χ0n) is 30.9. The lowest BCUT2D eigenvalue weighted by atomic mass is 9.82. The van der Waals surface area contributed by atoms with E-state index in [1.165, 1.54) is 0 Å². The minimum atomic E-state index is -1.46. The van der Waals surface area contributed by atoms with Gasteiger partial charge in [-0.05, 0) is 91.8 Å². The van der Waals surface area contributed by atoms with Crippen LogP contribution in [0.3, 0.4) is 0 Å². The van der Waals surface area contributed by atoms with Crippen molar-refractivity contribution in [1.29, 1.82) is 0 Å². The minimum absolute atomic E-state index is 0.0445. The first kappa shape index (κ1) is 42.0. The summed E-state index contributed by atoms with van der Waals surface area (Å²) in [5.74, 6) is 6.08. The van der Waals surface area contributed by atoms with E-state index in [1.54, 1.807) is 31.2 Å². The van der Waals surface area contributed by atoms with Crippen LogP contribution in [0.2, 0.25) is 0 Å². The number of carboxylic acids is 1. The molecule has 2 aromatic carbocycles. The van der Waals surface area contributed by atoms with E-state index in [0.717, 1.165) is 72.8 Å². The fourth-order valence-corrected chi connectivity index (χ4v) is 6.94. The number of carbonyl (C=O) groups is 1. The molecule has 8 heteroatoms. The van der Waals surface area contributed by atoms with Gasteiger partial charge in [-0.3, -0.25) is 4.79 Å². The Kier molecular flexibility index (Phi) is 17.9. The molecule has 0 spiro atoms. The number of aliphatic hydroxyl groups excluding tert-OH is 3. The third-order valence-electron chi connectivity index (χ3n) is 10.1. The molecule has 280 valence electrons. The molecule has 0 radical (unpaired) electrons. The van der Waals surface area contributed by atoms with E-state index >= 15 is 0 Å². The molecule has 7 N–H and O–H groups in total. The van der Waals surface area contributed by atoms with Gasteiger partial charge in [-0.2, -0.15) is 0 Å². The number of aryl methyl sites for hydroxylation is 2. The van der Waals surface area contributed by atoms with Crippen LogP contribution in [-0.2, 0) is 23.2 Å². The molecule has 8 nitrogen and oxygen atoms in total. The molecule has 0 saturated heterocycles. The topological polar surface area (TPSA) is 150 Å². The summed E-state index contributed by atoms with van der Waals surface area (Å²) in [6, 6.07) is 11.9. The number of aliphatic carboxylic acids is 1. The molecule has 3 rings (SSSR count). The number of rotatable bonds is 19. The Labute approximate surface area is 305 Å². The number of carboxylic acid groups (broad SMARTS) is 1. The molecular formula is C43H61NO7. The summed E-state index contributed by atoms with van der Waals surface area (Å²) in [5, 5.41) is 67.5. The van der Waals surface area contributed by atoms with Crippen LogP contribution in [0.15, 0.2) is 65.8 Å². The highest BCUT2D eigenvalue weighted by molar-refractivity contribution is 5.66. The van der Waals surface area contributed by atoms with Gasteiger partial charge in [-0.1, -0.05) is 107 Å². The van der Waals surface area contributed by atoms with E-state index in [2.05, 4.69) is 49.2 Å². The molecule has 5 atom stereocenters. The Bertz CT molecular complexity index is 1500. The summed E-state index contributed by atoms with van der Waals surface area (Å²) in [7, 11) is 0. The fourth-order valence-electron chi connectivity index (χ4n) is 6.94. The lowest BCUT2D eigenvalue weighted by Crippen LogP contribution is -2.51. The molecule has 0 saturated carbocycles. The number of aliphatic hydroxyl groups is 4. The van der Waals surface area contributed by atoms with Gasteiger partial charge in [0.2, 0.25) is 0 Å². The quantitative estimate of drug-likeness (QED) is 0.0621. The first-order valence-corrected chi connectivity index (χ1v) is 19.0. The van der Waals surface area contributed by atoms with Crippen molar-refractivity contribution in [3.05, 3.63) is 88.0 Å². The third-order valence-corrected chi connectivity index (χ3v) is 10.1.